The summed E-state index contributed by atoms with van der Waals surface area (Å²) in [7, 11) is -3.70. The van der Waals surface area contributed by atoms with Gasteiger partial charge in [-0.05, 0) is 30.5 Å². The van der Waals surface area contributed by atoms with Gasteiger partial charge in [-0.2, -0.15) is 0 Å². The van der Waals surface area contributed by atoms with E-state index in [4.69, 9.17) is 15.6 Å². The fourth-order valence-corrected chi connectivity index (χ4v) is 2.66. The first-order valence-electron chi connectivity index (χ1n) is 6.72. The number of sulfonamides is 1. The molecule has 0 bridgehead atoms. The van der Waals surface area contributed by atoms with Crippen LogP contribution in [0.4, 0.5) is 0 Å². The molecule has 116 valence electrons. The van der Waals surface area contributed by atoms with Gasteiger partial charge in [0.25, 0.3) is 0 Å². The molecule has 1 fully saturated rings. The minimum atomic E-state index is -3.70. The molecule has 1 aliphatic heterocycles. The Morgan fingerprint density at radius 2 is 2.29 bits per heavy atom. The first kappa shape index (κ1) is 15.7. The van der Waals surface area contributed by atoms with Gasteiger partial charge >= 0.3 is 0 Å². The van der Waals surface area contributed by atoms with Gasteiger partial charge in [-0.1, -0.05) is 12.1 Å². The van der Waals surface area contributed by atoms with Crippen molar-refractivity contribution in [3.8, 4) is 0 Å². The number of hydrogen-bond donors (Lipinski definition) is 3. The number of rotatable bonds is 5. The molecular weight excluding hydrogens is 292 g/mol. The average Bonchev–Trinajstić information content (AvgIpc) is 2.95. The number of nitrogens with one attached hydrogen (secondary N) is 1. The maximum absolute atomic E-state index is 11.3. The van der Waals surface area contributed by atoms with Gasteiger partial charge in [0, 0.05) is 13.2 Å². The Morgan fingerprint density at radius 3 is 2.95 bits per heavy atom. The number of aliphatic imine (C=N–C) groups is 1. The molecule has 0 radical (unpaired) electrons. The van der Waals surface area contributed by atoms with Gasteiger partial charge in [0.05, 0.1) is 17.5 Å². The number of nitrogens with two attached hydrogens (primary N) is 2. The summed E-state index contributed by atoms with van der Waals surface area (Å²) in [6.45, 7) is 1.71. The highest BCUT2D eigenvalue weighted by Crippen LogP contribution is 2.11. The van der Waals surface area contributed by atoms with E-state index >= 15 is 0 Å². The molecule has 0 saturated carbocycles. The van der Waals surface area contributed by atoms with Gasteiger partial charge in [-0.15, -0.1) is 0 Å². The zero-order valence-corrected chi connectivity index (χ0v) is 12.5. The summed E-state index contributed by atoms with van der Waals surface area (Å²) in [4.78, 5) is 4.24. The summed E-state index contributed by atoms with van der Waals surface area (Å²) in [5.74, 6) is 0.312. The monoisotopic (exact) mass is 312 g/mol. The molecule has 1 aliphatic rings. The molecule has 7 nitrogen and oxygen atoms in total. The molecule has 0 aromatic heterocycles. The van der Waals surface area contributed by atoms with E-state index in [0.29, 0.717) is 12.5 Å². The molecule has 5 N–H and O–H groups in total. The maximum Gasteiger partial charge on any atom is 0.238 e. The second kappa shape index (κ2) is 6.88. The van der Waals surface area contributed by atoms with E-state index in [-0.39, 0.29) is 17.5 Å². The number of hydrogen-bond acceptors (Lipinski definition) is 4. The zero-order valence-electron chi connectivity index (χ0n) is 11.7. The number of primary sulfonamides is 1. The van der Waals surface area contributed by atoms with Gasteiger partial charge in [0.1, 0.15) is 0 Å². The molecule has 1 aromatic carbocycles. The van der Waals surface area contributed by atoms with E-state index in [0.717, 1.165) is 25.0 Å². The van der Waals surface area contributed by atoms with Crippen molar-refractivity contribution in [3.05, 3.63) is 29.8 Å². The van der Waals surface area contributed by atoms with Crippen LogP contribution in [-0.2, 0) is 21.3 Å². The fourth-order valence-electron chi connectivity index (χ4n) is 2.08. The lowest BCUT2D eigenvalue weighted by atomic mass is 10.2. The van der Waals surface area contributed by atoms with Crippen molar-refractivity contribution >= 4 is 16.0 Å². The van der Waals surface area contributed by atoms with Gasteiger partial charge in [0.15, 0.2) is 5.96 Å². The summed E-state index contributed by atoms with van der Waals surface area (Å²) >= 11 is 0. The summed E-state index contributed by atoms with van der Waals surface area (Å²) in [6, 6.07) is 6.33. The topological polar surface area (TPSA) is 120 Å². The van der Waals surface area contributed by atoms with Crippen molar-refractivity contribution < 1.29 is 13.2 Å². The highest BCUT2D eigenvalue weighted by molar-refractivity contribution is 7.89. The Bertz CT molecular complexity index is 610. The Kier molecular flexibility index (Phi) is 5.16. The second-order valence-corrected chi connectivity index (χ2v) is 6.47. The Labute approximate surface area is 124 Å². The molecule has 2 rings (SSSR count). The molecule has 1 aromatic rings. The van der Waals surface area contributed by atoms with E-state index in [2.05, 4.69) is 10.3 Å². The van der Waals surface area contributed by atoms with Crippen LogP contribution in [0.5, 0.6) is 0 Å². The minimum absolute atomic E-state index is 0.0705. The van der Waals surface area contributed by atoms with E-state index < -0.39 is 10.0 Å². The molecule has 0 amide bonds. The highest BCUT2D eigenvalue weighted by Gasteiger charge is 2.14. The van der Waals surface area contributed by atoms with Crippen LogP contribution in [0.3, 0.4) is 0 Å². The average molecular weight is 312 g/mol. The molecular formula is C13H20N4O3S. The van der Waals surface area contributed by atoms with Crippen LogP contribution >= 0.6 is 0 Å². The lowest BCUT2D eigenvalue weighted by Crippen LogP contribution is -2.37. The van der Waals surface area contributed by atoms with Crippen molar-refractivity contribution in [1.29, 1.82) is 0 Å². The standard InChI is InChI=1S/C13H20N4O3S/c14-13(17-9-11-4-2-6-20-11)16-8-10-3-1-5-12(7-10)21(15,18)19/h1,3,5,7,11H,2,4,6,8-9H2,(H3,14,16,17)(H2,15,18,19). The third-order valence-electron chi connectivity index (χ3n) is 3.19. The number of guanidine groups is 1. The van der Waals surface area contributed by atoms with Gasteiger partial charge in [0.2, 0.25) is 10.0 Å². The van der Waals surface area contributed by atoms with Crippen molar-refractivity contribution in [3.63, 3.8) is 0 Å². The SMILES string of the molecule is NC(=NCc1cccc(S(N)(=O)=O)c1)NCC1CCCO1. The quantitative estimate of drug-likeness (QED) is 0.519. The first-order valence-corrected chi connectivity index (χ1v) is 8.27. The molecule has 0 spiro atoms. The molecule has 1 saturated heterocycles. The van der Waals surface area contributed by atoms with Crippen LogP contribution in [-0.4, -0.2) is 33.6 Å². The Balaban J connectivity index is 1.90. The molecule has 1 atom stereocenters. The zero-order chi connectivity index (χ0) is 15.3. The summed E-state index contributed by atoms with van der Waals surface area (Å²) in [6.07, 6.45) is 2.28. The van der Waals surface area contributed by atoms with Crippen LogP contribution in [0.1, 0.15) is 18.4 Å². The van der Waals surface area contributed by atoms with E-state index in [1.54, 1.807) is 12.1 Å². The highest BCUT2D eigenvalue weighted by atomic mass is 32.2. The minimum Gasteiger partial charge on any atom is -0.376 e. The van der Waals surface area contributed by atoms with Crippen LogP contribution in [0.25, 0.3) is 0 Å². The van der Waals surface area contributed by atoms with E-state index in [1.807, 2.05) is 0 Å². The normalized spacial score (nSPS) is 19.7. The van der Waals surface area contributed by atoms with Gasteiger partial charge < -0.3 is 15.8 Å². The smallest absolute Gasteiger partial charge is 0.238 e. The molecule has 1 unspecified atom stereocenters. The molecule has 0 aliphatic carbocycles. The van der Waals surface area contributed by atoms with Crippen LogP contribution in [0.15, 0.2) is 34.2 Å². The lowest BCUT2D eigenvalue weighted by Gasteiger charge is -2.11. The van der Waals surface area contributed by atoms with Crippen molar-refractivity contribution in [2.45, 2.75) is 30.4 Å². The van der Waals surface area contributed by atoms with Gasteiger partial charge in [-0.3, -0.25) is 0 Å². The predicted octanol–water partition coefficient (Wildman–Crippen LogP) is -0.0827. The summed E-state index contributed by atoms with van der Waals surface area (Å²) in [5.41, 5.74) is 6.49. The van der Waals surface area contributed by atoms with Crippen LogP contribution < -0.4 is 16.2 Å². The summed E-state index contributed by atoms with van der Waals surface area (Å²) in [5, 5.41) is 8.08. The van der Waals surface area contributed by atoms with Crippen molar-refractivity contribution in [2.24, 2.45) is 15.9 Å². The number of benzene rings is 1. The lowest BCUT2D eigenvalue weighted by molar-refractivity contribution is 0.114. The second-order valence-electron chi connectivity index (χ2n) is 4.91. The third kappa shape index (κ3) is 5.00. The van der Waals surface area contributed by atoms with Crippen molar-refractivity contribution in [2.75, 3.05) is 13.2 Å². The molecule has 21 heavy (non-hydrogen) atoms. The third-order valence-corrected chi connectivity index (χ3v) is 4.10. The first-order chi connectivity index (χ1) is 9.95. The predicted molar refractivity (Wildman–Crippen MR) is 80.1 cm³/mol. The number of ether oxygens (including phenoxy) is 1. The maximum atomic E-state index is 11.3. The van der Waals surface area contributed by atoms with E-state index in [1.165, 1.54) is 12.1 Å². The fraction of sp³-hybridized carbons (Fsp3) is 0.462. The number of nitrogens with zero attached hydrogens (tertiary/aromatic N) is 1. The van der Waals surface area contributed by atoms with Gasteiger partial charge in [-0.25, -0.2) is 18.5 Å². The Hall–Kier alpha value is -1.64. The molecule has 1 heterocycles. The van der Waals surface area contributed by atoms with Crippen LogP contribution in [0, 0.1) is 0 Å². The van der Waals surface area contributed by atoms with E-state index in [9.17, 15) is 8.42 Å². The Morgan fingerprint density at radius 1 is 1.48 bits per heavy atom. The summed E-state index contributed by atoms with van der Waals surface area (Å²) < 4.78 is 28.0. The molecule has 8 heteroatoms. The van der Waals surface area contributed by atoms with Crippen LogP contribution in [0.2, 0.25) is 0 Å². The largest absolute Gasteiger partial charge is 0.376 e. The van der Waals surface area contributed by atoms with Crippen molar-refractivity contribution in [1.82, 2.24) is 5.32 Å².